The lowest BCUT2D eigenvalue weighted by molar-refractivity contribution is -0.133. The van der Waals surface area contributed by atoms with Crippen molar-refractivity contribution in [3.8, 4) is 0 Å². The molecular weight excluding hydrogens is 294 g/mol. The molecule has 2 atom stereocenters. The standard InChI is InChI=1S/C17H27N3O3/c1-3-18(4-2)15(21)14-12-7-19(8-13(12)14)11-5-17(6-11)9-20(10-17)16(22)23/h11-14H,3-10H2,1-2H3,(H,22,23)/t12-,13-/m0/s1. The van der Waals surface area contributed by atoms with Crippen LogP contribution in [0.15, 0.2) is 0 Å². The van der Waals surface area contributed by atoms with Crippen LogP contribution >= 0.6 is 0 Å². The van der Waals surface area contributed by atoms with Gasteiger partial charge in [-0.3, -0.25) is 9.69 Å². The number of hydrogen-bond acceptors (Lipinski definition) is 3. The Labute approximate surface area is 137 Å². The van der Waals surface area contributed by atoms with Crippen molar-refractivity contribution in [1.29, 1.82) is 0 Å². The molecule has 0 radical (unpaired) electrons. The lowest BCUT2D eigenvalue weighted by atomic mass is 9.60. The van der Waals surface area contributed by atoms with Crippen molar-refractivity contribution < 1.29 is 14.7 Å². The van der Waals surface area contributed by atoms with Crippen LogP contribution in [0.5, 0.6) is 0 Å². The van der Waals surface area contributed by atoms with Gasteiger partial charge in [-0.15, -0.1) is 0 Å². The quantitative estimate of drug-likeness (QED) is 0.844. The van der Waals surface area contributed by atoms with Crippen LogP contribution in [0.25, 0.3) is 0 Å². The maximum atomic E-state index is 12.4. The number of carbonyl (C=O) groups excluding carboxylic acids is 1. The van der Waals surface area contributed by atoms with Crippen LogP contribution in [0.2, 0.25) is 0 Å². The van der Waals surface area contributed by atoms with Crippen molar-refractivity contribution in [1.82, 2.24) is 14.7 Å². The summed E-state index contributed by atoms with van der Waals surface area (Å²) >= 11 is 0. The number of carbonyl (C=O) groups is 2. The number of carboxylic acid groups (broad SMARTS) is 1. The molecule has 2 aliphatic carbocycles. The normalized spacial score (nSPS) is 34.7. The zero-order valence-corrected chi connectivity index (χ0v) is 14.1. The van der Waals surface area contributed by atoms with Gasteiger partial charge in [0, 0.05) is 56.6 Å². The van der Waals surface area contributed by atoms with Gasteiger partial charge in [0.15, 0.2) is 0 Å². The van der Waals surface area contributed by atoms with E-state index < -0.39 is 6.09 Å². The summed E-state index contributed by atoms with van der Waals surface area (Å²) in [4.78, 5) is 29.4. The summed E-state index contributed by atoms with van der Waals surface area (Å²) < 4.78 is 0. The topological polar surface area (TPSA) is 64.1 Å². The Balaban J connectivity index is 1.23. The maximum Gasteiger partial charge on any atom is 0.407 e. The van der Waals surface area contributed by atoms with E-state index >= 15 is 0 Å². The summed E-state index contributed by atoms with van der Waals surface area (Å²) in [6, 6.07) is 0.628. The Bertz CT molecular complexity index is 507. The number of fused-ring (bicyclic) bond motifs is 1. The van der Waals surface area contributed by atoms with E-state index in [2.05, 4.69) is 18.7 Å². The molecule has 1 N–H and O–H groups in total. The van der Waals surface area contributed by atoms with E-state index in [9.17, 15) is 9.59 Å². The second-order valence-electron chi connectivity index (χ2n) is 8.02. The first-order chi connectivity index (χ1) is 11.0. The van der Waals surface area contributed by atoms with Crippen molar-refractivity contribution in [2.24, 2.45) is 23.2 Å². The van der Waals surface area contributed by atoms with E-state index in [1.807, 2.05) is 4.90 Å². The molecular formula is C17H27N3O3. The number of rotatable bonds is 4. The van der Waals surface area contributed by atoms with Gasteiger partial charge < -0.3 is 14.9 Å². The van der Waals surface area contributed by atoms with Gasteiger partial charge in [-0.05, 0) is 38.5 Å². The third kappa shape index (κ3) is 2.25. The van der Waals surface area contributed by atoms with Crippen LogP contribution in [0.4, 0.5) is 4.79 Å². The average Bonchev–Trinajstić information content (AvgIpc) is 2.92. The number of piperidine rings is 1. The Morgan fingerprint density at radius 1 is 1.13 bits per heavy atom. The molecule has 4 aliphatic rings. The lowest BCUT2D eigenvalue weighted by Gasteiger charge is -2.60. The molecule has 0 aromatic carbocycles. The monoisotopic (exact) mass is 321 g/mol. The van der Waals surface area contributed by atoms with Crippen LogP contribution in [0, 0.1) is 23.2 Å². The highest BCUT2D eigenvalue weighted by Crippen LogP contribution is 2.57. The van der Waals surface area contributed by atoms with E-state index in [0.29, 0.717) is 23.8 Å². The molecule has 2 amide bonds. The molecule has 6 nitrogen and oxygen atoms in total. The SMILES string of the molecule is CCN(CC)C(=O)C1[C@H]2CN(C3CC4(C3)CN(C(=O)O)C4)C[C@H]12. The molecule has 4 rings (SSSR count). The highest BCUT2D eigenvalue weighted by atomic mass is 16.4. The molecule has 2 heterocycles. The van der Waals surface area contributed by atoms with E-state index in [1.165, 1.54) is 4.90 Å². The fraction of sp³-hybridized carbons (Fsp3) is 0.882. The predicted octanol–water partition coefficient (Wildman–Crippen LogP) is 1.17. The molecule has 0 bridgehead atoms. The number of hydrogen-bond donors (Lipinski definition) is 1. The largest absolute Gasteiger partial charge is 0.465 e. The minimum absolute atomic E-state index is 0.284. The Morgan fingerprint density at radius 2 is 1.70 bits per heavy atom. The fourth-order valence-corrected chi connectivity index (χ4v) is 5.32. The Kier molecular flexibility index (Phi) is 3.38. The first kappa shape index (κ1) is 15.2. The predicted molar refractivity (Wildman–Crippen MR) is 85.0 cm³/mol. The van der Waals surface area contributed by atoms with Gasteiger partial charge in [-0.1, -0.05) is 0 Å². The molecule has 2 saturated heterocycles. The Morgan fingerprint density at radius 3 is 2.17 bits per heavy atom. The Hall–Kier alpha value is -1.30. The highest BCUT2D eigenvalue weighted by Gasteiger charge is 2.63. The van der Waals surface area contributed by atoms with E-state index in [1.54, 1.807) is 0 Å². The van der Waals surface area contributed by atoms with Crippen molar-refractivity contribution in [3.05, 3.63) is 0 Å². The summed E-state index contributed by atoms with van der Waals surface area (Å²) in [7, 11) is 0. The number of likely N-dealkylation sites (tertiary alicyclic amines) is 2. The first-order valence-electron chi connectivity index (χ1n) is 8.98. The molecule has 2 aliphatic heterocycles. The second kappa shape index (κ2) is 5.10. The van der Waals surface area contributed by atoms with Crippen molar-refractivity contribution in [3.63, 3.8) is 0 Å². The van der Waals surface area contributed by atoms with Gasteiger partial charge >= 0.3 is 6.09 Å². The van der Waals surface area contributed by atoms with Crippen molar-refractivity contribution in [2.45, 2.75) is 32.7 Å². The minimum atomic E-state index is -0.778. The van der Waals surface area contributed by atoms with Gasteiger partial charge in [0.1, 0.15) is 0 Å². The molecule has 1 spiro atoms. The van der Waals surface area contributed by atoms with Gasteiger partial charge in [-0.2, -0.15) is 0 Å². The highest BCUT2D eigenvalue weighted by molar-refractivity contribution is 5.82. The third-order valence-electron chi connectivity index (χ3n) is 6.76. The van der Waals surface area contributed by atoms with E-state index in [4.69, 9.17) is 5.11 Å². The number of amides is 2. The molecule has 4 fully saturated rings. The summed E-state index contributed by atoms with van der Waals surface area (Å²) in [5.41, 5.74) is 0.284. The molecule has 6 heteroatoms. The molecule has 23 heavy (non-hydrogen) atoms. The van der Waals surface area contributed by atoms with Gasteiger partial charge in [0.2, 0.25) is 5.91 Å². The van der Waals surface area contributed by atoms with Crippen molar-refractivity contribution >= 4 is 12.0 Å². The second-order valence-corrected chi connectivity index (χ2v) is 8.02. The van der Waals surface area contributed by atoms with Crippen LogP contribution < -0.4 is 0 Å². The van der Waals surface area contributed by atoms with Crippen LogP contribution in [0.1, 0.15) is 26.7 Å². The van der Waals surface area contributed by atoms with E-state index in [-0.39, 0.29) is 11.3 Å². The minimum Gasteiger partial charge on any atom is -0.465 e. The zero-order chi connectivity index (χ0) is 16.4. The van der Waals surface area contributed by atoms with Crippen molar-refractivity contribution in [2.75, 3.05) is 39.3 Å². The van der Waals surface area contributed by atoms with Gasteiger partial charge in [0.25, 0.3) is 0 Å². The summed E-state index contributed by atoms with van der Waals surface area (Å²) in [5.74, 6) is 1.81. The summed E-state index contributed by atoms with van der Waals surface area (Å²) in [5, 5.41) is 8.95. The molecule has 0 aromatic heterocycles. The third-order valence-corrected chi connectivity index (χ3v) is 6.76. The molecule has 2 saturated carbocycles. The lowest BCUT2D eigenvalue weighted by Crippen LogP contribution is -2.67. The molecule has 128 valence electrons. The number of nitrogens with zero attached hydrogens (tertiary/aromatic N) is 3. The molecule has 0 aromatic rings. The molecule has 0 unspecified atom stereocenters. The van der Waals surface area contributed by atoms with Crippen LogP contribution in [-0.2, 0) is 4.79 Å². The van der Waals surface area contributed by atoms with E-state index in [0.717, 1.165) is 52.1 Å². The van der Waals surface area contributed by atoms with Crippen LogP contribution in [-0.4, -0.2) is 77.1 Å². The first-order valence-corrected chi connectivity index (χ1v) is 8.98. The van der Waals surface area contributed by atoms with Gasteiger partial charge in [0.05, 0.1) is 0 Å². The fourth-order valence-electron chi connectivity index (χ4n) is 5.32. The van der Waals surface area contributed by atoms with Gasteiger partial charge in [-0.25, -0.2) is 4.79 Å². The maximum absolute atomic E-state index is 12.4. The van der Waals surface area contributed by atoms with Crippen LogP contribution in [0.3, 0.4) is 0 Å². The zero-order valence-electron chi connectivity index (χ0n) is 14.1. The summed E-state index contributed by atoms with van der Waals surface area (Å²) in [6.45, 7) is 9.35. The smallest absolute Gasteiger partial charge is 0.407 e. The summed E-state index contributed by atoms with van der Waals surface area (Å²) in [6.07, 6.45) is 1.51. The average molecular weight is 321 g/mol.